The summed E-state index contributed by atoms with van der Waals surface area (Å²) < 4.78 is 0. The van der Waals surface area contributed by atoms with Gasteiger partial charge in [-0.2, -0.15) is 0 Å². The molecule has 0 amide bonds. The lowest BCUT2D eigenvalue weighted by Gasteiger charge is -2.21. The van der Waals surface area contributed by atoms with Gasteiger partial charge in [-0.25, -0.2) is 0 Å². The Morgan fingerprint density at radius 1 is 1.38 bits per heavy atom. The second kappa shape index (κ2) is 5.72. The van der Waals surface area contributed by atoms with E-state index in [2.05, 4.69) is 52.0 Å². The molecular weight excluding hydrogens is 262 g/mol. The third kappa shape index (κ3) is 2.60. The van der Waals surface area contributed by atoms with Crippen LogP contribution in [0.2, 0.25) is 0 Å². The number of benzene rings is 1. The highest BCUT2D eigenvalue weighted by atomic mass is 79.9. The minimum absolute atomic E-state index is 0.911. The Labute approximate surface area is 107 Å². The molecule has 1 nitrogen and oxygen atoms in total. The zero-order chi connectivity index (χ0) is 11.4. The monoisotopic (exact) mass is 281 g/mol. The van der Waals surface area contributed by atoms with E-state index in [0.717, 1.165) is 11.2 Å². The molecule has 88 valence electrons. The Hall–Kier alpha value is -0.500. The normalized spacial score (nSPS) is 20.4. The number of para-hydroxylation sites is 1. The first-order valence-corrected chi connectivity index (χ1v) is 7.36. The van der Waals surface area contributed by atoms with E-state index in [4.69, 9.17) is 0 Å². The van der Waals surface area contributed by atoms with Crippen molar-refractivity contribution >= 4 is 21.6 Å². The molecule has 16 heavy (non-hydrogen) atoms. The number of rotatable bonds is 4. The number of hydrogen-bond donors (Lipinski definition) is 0. The maximum absolute atomic E-state index is 3.57. The number of anilines is 1. The molecule has 1 saturated heterocycles. The molecule has 0 radical (unpaired) electrons. The van der Waals surface area contributed by atoms with Gasteiger partial charge in [0.05, 0.1) is 0 Å². The van der Waals surface area contributed by atoms with Gasteiger partial charge in [-0.1, -0.05) is 47.5 Å². The van der Waals surface area contributed by atoms with Crippen molar-refractivity contribution in [3.05, 3.63) is 29.8 Å². The third-order valence-corrected chi connectivity index (χ3v) is 4.06. The summed E-state index contributed by atoms with van der Waals surface area (Å²) in [5.74, 6) is 0.911. The first kappa shape index (κ1) is 12.0. The summed E-state index contributed by atoms with van der Waals surface area (Å²) in [6.07, 6.45) is 4.07. The first-order valence-electron chi connectivity index (χ1n) is 6.24. The maximum Gasteiger partial charge on any atom is 0.0407 e. The quantitative estimate of drug-likeness (QED) is 0.748. The van der Waals surface area contributed by atoms with Crippen LogP contribution >= 0.6 is 15.9 Å². The number of halogens is 1. The Kier molecular flexibility index (Phi) is 4.28. The summed E-state index contributed by atoms with van der Waals surface area (Å²) in [6.45, 7) is 4.77. The summed E-state index contributed by atoms with van der Waals surface area (Å²) >= 11 is 3.57. The molecule has 0 spiro atoms. The lowest BCUT2D eigenvalue weighted by molar-refractivity contribution is 0.530. The Morgan fingerprint density at radius 2 is 2.19 bits per heavy atom. The Balaban J connectivity index is 2.08. The van der Waals surface area contributed by atoms with Crippen molar-refractivity contribution in [2.24, 2.45) is 5.92 Å². The fraction of sp³-hybridized carbons (Fsp3) is 0.571. The minimum Gasteiger partial charge on any atom is -0.371 e. The predicted molar refractivity (Wildman–Crippen MR) is 74.3 cm³/mol. The lowest BCUT2D eigenvalue weighted by Crippen LogP contribution is -2.20. The summed E-state index contributed by atoms with van der Waals surface area (Å²) in [5.41, 5.74) is 2.85. The van der Waals surface area contributed by atoms with Crippen LogP contribution in [0.25, 0.3) is 0 Å². The molecule has 1 heterocycles. The van der Waals surface area contributed by atoms with Gasteiger partial charge in [0.2, 0.25) is 0 Å². The van der Waals surface area contributed by atoms with Gasteiger partial charge in [0.1, 0.15) is 0 Å². The summed E-state index contributed by atoms with van der Waals surface area (Å²) in [7, 11) is 0. The van der Waals surface area contributed by atoms with E-state index in [1.807, 2.05) is 0 Å². The van der Waals surface area contributed by atoms with Crippen LogP contribution in [0.5, 0.6) is 0 Å². The molecule has 1 unspecified atom stereocenters. The fourth-order valence-electron chi connectivity index (χ4n) is 2.63. The van der Waals surface area contributed by atoms with Crippen molar-refractivity contribution in [1.29, 1.82) is 0 Å². The van der Waals surface area contributed by atoms with E-state index in [0.29, 0.717) is 0 Å². The van der Waals surface area contributed by atoms with Gasteiger partial charge in [0.25, 0.3) is 0 Å². The topological polar surface area (TPSA) is 3.24 Å². The van der Waals surface area contributed by atoms with Crippen molar-refractivity contribution < 1.29 is 0 Å². The number of hydrogen-bond acceptors (Lipinski definition) is 1. The largest absolute Gasteiger partial charge is 0.371 e. The van der Waals surface area contributed by atoms with Crippen LogP contribution in [-0.4, -0.2) is 13.1 Å². The summed E-state index contributed by atoms with van der Waals surface area (Å²) in [5, 5.41) is 0.956. The molecule has 0 aromatic heterocycles. The van der Waals surface area contributed by atoms with Crippen LogP contribution in [0.1, 0.15) is 31.7 Å². The lowest BCUT2D eigenvalue weighted by atomic mass is 10.0. The van der Waals surface area contributed by atoms with Crippen molar-refractivity contribution in [3.8, 4) is 0 Å². The third-order valence-electron chi connectivity index (χ3n) is 3.46. The van der Waals surface area contributed by atoms with Crippen molar-refractivity contribution in [2.75, 3.05) is 18.0 Å². The van der Waals surface area contributed by atoms with Gasteiger partial charge >= 0.3 is 0 Å². The van der Waals surface area contributed by atoms with Crippen LogP contribution in [-0.2, 0) is 5.33 Å². The van der Waals surface area contributed by atoms with Crippen LogP contribution in [0.15, 0.2) is 24.3 Å². The molecule has 0 aliphatic carbocycles. The average Bonchev–Trinajstić information content (AvgIpc) is 2.78. The molecule has 0 N–H and O–H groups in total. The molecule has 0 bridgehead atoms. The summed E-state index contributed by atoms with van der Waals surface area (Å²) in [4.78, 5) is 2.55. The highest BCUT2D eigenvalue weighted by Gasteiger charge is 2.22. The molecule has 2 heteroatoms. The smallest absolute Gasteiger partial charge is 0.0407 e. The molecule has 0 saturated carbocycles. The highest BCUT2D eigenvalue weighted by molar-refractivity contribution is 9.08. The van der Waals surface area contributed by atoms with Crippen molar-refractivity contribution in [3.63, 3.8) is 0 Å². The van der Waals surface area contributed by atoms with E-state index in [-0.39, 0.29) is 0 Å². The molecule has 2 rings (SSSR count). The van der Waals surface area contributed by atoms with E-state index < -0.39 is 0 Å². The molecule has 1 aromatic carbocycles. The van der Waals surface area contributed by atoms with Crippen molar-refractivity contribution in [1.82, 2.24) is 0 Å². The molecule has 1 aliphatic heterocycles. The summed E-state index contributed by atoms with van der Waals surface area (Å²) in [6, 6.07) is 8.75. The molecule has 1 atom stereocenters. The second-order valence-corrected chi connectivity index (χ2v) is 5.21. The molecule has 1 aromatic rings. The van der Waals surface area contributed by atoms with Crippen LogP contribution in [0.4, 0.5) is 5.69 Å². The first-order chi connectivity index (χ1) is 7.85. The zero-order valence-corrected chi connectivity index (χ0v) is 11.5. The Bertz CT molecular complexity index is 337. The van der Waals surface area contributed by atoms with Gasteiger partial charge in [-0.15, -0.1) is 0 Å². The predicted octanol–water partition coefficient (Wildman–Crippen LogP) is 4.21. The molecule has 1 fully saturated rings. The maximum atomic E-state index is 3.57. The van der Waals surface area contributed by atoms with Crippen LogP contribution in [0, 0.1) is 5.92 Å². The second-order valence-electron chi connectivity index (χ2n) is 4.65. The van der Waals surface area contributed by atoms with E-state index in [1.165, 1.54) is 43.6 Å². The van der Waals surface area contributed by atoms with E-state index in [9.17, 15) is 0 Å². The SMILES string of the molecule is CCCC1CCN(c2ccccc2CBr)C1. The van der Waals surface area contributed by atoms with Gasteiger partial charge in [0, 0.05) is 24.1 Å². The van der Waals surface area contributed by atoms with Crippen LogP contribution in [0.3, 0.4) is 0 Å². The van der Waals surface area contributed by atoms with Gasteiger partial charge in [0.15, 0.2) is 0 Å². The van der Waals surface area contributed by atoms with Crippen LogP contribution < -0.4 is 4.90 Å². The van der Waals surface area contributed by atoms with Crippen molar-refractivity contribution in [2.45, 2.75) is 31.5 Å². The average molecular weight is 282 g/mol. The Morgan fingerprint density at radius 3 is 2.94 bits per heavy atom. The minimum atomic E-state index is 0.911. The van der Waals surface area contributed by atoms with Gasteiger partial charge in [-0.05, 0) is 30.4 Å². The fourth-order valence-corrected chi connectivity index (χ4v) is 3.10. The van der Waals surface area contributed by atoms with E-state index in [1.54, 1.807) is 0 Å². The number of nitrogens with zero attached hydrogens (tertiary/aromatic N) is 1. The van der Waals surface area contributed by atoms with Gasteiger partial charge < -0.3 is 4.90 Å². The molecule has 1 aliphatic rings. The molecular formula is C14H20BrN. The van der Waals surface area contributed by atoms with E-state index >= 15 is 0 Å². The standard InChI is InChI=1S/C14H20BrN/c1-2-5-12-8-9-16(11-12)14-7-4-3-6-13(14)10-15/h3-4,6-7,12H,2,5,8-11H2,1H3. The number of alkyl halides is 1. The van der Waals surface area contributed by atoms with Gasteiger partial charge in [-0.3, -0.25) is 0 Å². The highest BCUT2D eigenvalue weighted by Crippen LogP contribution is 2.29. The zero-order valence-electron chi connectivity index (χ0n) is 9.95.